The SMILES string of the molecule is OC(O)CCCCCNc1cc(-c2cn[nH]c2)c2cc(Cl)cc(Cl)c2n1. The summed E-state index contributed by atoms with van der Waals surface area (Å²) in [5.74, 6) is 0.722. The van der Waals surface area contributed by atoms with Crippen LogP contribution in [0.1, 0.15) is 25.7 Å². The maximum Gasteiger partial charge on any atom is 0.151 e. The third-order valence-electron chi connectivity index (χ3n) is 4.09. The summed E-state index contributed by atoms with van der Waals surface area (Å²) in [5.41, 5.74) is 2.55. The van der Waals surface area contributed by atoms with Gasteiger partial charge in [0.1, 0.15) is 5.82 Å². The zero-order chi connectivity index (χ0) is 18.5. The van der Waals surface area contributed by atoms with Crippen LogP contribution in [0.5, 0.6) is 0 Å². The van der Waals surface area contributed by atoms with Gasteiger partial charge in [0.15, 0.2) is 6.29 Å². The summed E-state index contributed by atoms with van der Waals surface area (Å²) in [5, 5.41) is 29.8. The monoisotopic (exact) mass is 394 g/mol. The number of rotatable bonds is 8. The van der Waals surface area contributed by atoms with E-state index in [9.17, 15) is 0 Å². The molecule has 0 spiro atoms. The average Bonchev–Trinajstić information content (AvgIpc) is 3.12. The number of hydrogen-bond donors (Lipinski definition) is 4. The number of aromatic nitrogens is 3. The van der Waals surface area contributed by atoms with Gasteiger partial charge in [-0.15, -0.1) is 0 Å². The van der Waals surface area contributed by atoms with Crippen LogP contribution in [0.3, 0.4) is 0 Å². The van der Waals surface area contributed by atoms with E-state index in [0.717, 1.165) is 48.1 Å². The van der Waals surface area contributed by atoms with Gasteiger partial charge in [-0.25, -0.2) is 4.98 Å². The minimum absolute atomic E-state index is 0.398. The van der Waals surface area contributed by atoms with Gasteiger partial charge in [0.2, 0.25) is 0 Å². The van der Waals surface area contributed by atoms with Crippen molar-refractivity contribution in [3.63, 3.8) is 0 Å². The molecule has 8 heteroatoms. The van der Waals surface area contributed by atoms with E-state index in [0.29, 0.717) is 22.0 Å². The molecule has 0 bridgehead atoms. The normalized spacial score (nSPS) is 11.4. The molecule has 3 rings (SSSR count). The number of fused-ring (bicyclic) bond motifs is 1. The number of anilines is 1. The fourth-order valence-electron chi connectivity index (χ4n) is 2.82. The maximum atomic E-state index is 8.85. The first-order valence-electron chi connectivity index (χ1n) is 8.43. The molecule has 2 heterocycles. The van der Waals surface area contributed by atoms with Gasteiger partial charge in [-0.2, -0.15) is 5.10 Å². The quantitative estimate of drug-likeness (QED) is 0.339. The summed E-state index contributed by atoms with van der Waals surface area (Å²) in [6, 6.07) is 5.49. The summed E-state index contributed by atoms with van der Waals surface area (Å²) < 4.78 is 0. The van der Waals surface area contributed by atoms with Gasteiger partial charge in [0.05, 0.1) is 16.7 Å². The summed E-state index contributed by atoms with van der Waals surface area (Å²) in [6.07, 6.45) is 5.31. The van der Waals surface area contributed by atoms with Crippen molar-refractivity contribution in [3.05, 3.63) is 40.6 Å². The van der Waals surface area contributed by atoms with Gasteiger partial charge in [0, 0.05) is 28.7 Å². The molecule has 0 fully saturated rings. The smallest absolute Gasteiger partial charge is 0.151 e. The third-order valence-corrected chi connectivity index (χ3v) is 4.59. The fraction of sp³-hybridized carbons (Fsp3) is 0.333. The highest BCUT2D eigenvalue weighted by atomic mass is 35.5. The second-order valence-electron chi connectivity index (χ2n) is 6.08. The third kappa shape index (κ3) is 4.65. The molecule has 0 radical (unpaired) electrons. The van der Waals surface area contributed by atoms with Crippen LogP contribution in [0.15, 0.2) is 30.6 Å². The van der Waals surface area contributed by atoms with Crippen LogP contribution in [0, 0.1) is 0 Å². The highest BCUT2D eigenvalue weighted by Crippen LogP contribution is 2.35. The number of pyridine rings is 1. The van der Waals surface area contributed by atoms with Crippen molar-refractivity contribution < 1.29 is 10.2 Å². The second kappa shape index (κ2) is 8.68. The number of H-pyrrole nitrogens is 1. The van der Waals surface area contributed by atoms with Crippen molar-refractivity contribution in [1.82, 2.24) is 15.2 Å². The van der Waals surface area contributed by atoms with Gasteiger partial charge in [0.25, 0.3) is 0 Å². The Kier molecular flexibility index (Phi) is 6.32. The van der Waals surface area contributed by atoms with E-state index < -0.39 is 6.29 Å². The molecule has 0 amide bonds. The predicted octanol–water partition coefficient (Wildman–Crippen LogP) is 4.21. The van der Waals surface area contributed by atoms with Crippen LogP contribution in [-0.2, 0) is 0 Å². The second-order valence-corrected chi connectivity index (χ2v) is 6.93. The van der Waals surface area contributed by atoms with E-state index in [1.165, 1.54) is 0 Å². The molecule has 0 aliphatic carbocycles. The molecule has 0 unspecified atom stereocenters. The number of aromatic amines is 1. The van der Waals surface area contributed by atoms with Crippen molar-refractivity contribution in [1.29, 1.82) is 0 Å². The van der Waals surface area contributed by atoms with E-state index in [1.54, 1.807) is 12.3 Å². The van der Waals surface area contributed by atoms with Crippen LogP contribution in [0.2, 0.25) is 10.0 Å². The lowest BCUT2D eigenvalue weighted by Crippen LogP contribution is -2.06. The van der Waals surface area contributed by atoms with Crippen LogP contribution in [0.25, 0.3) is 22.0 Å². The molecule has 1 aromatic carbocycles. The summed E-state index contributed by atoms with van der Waals surface area (Å²) in [4.78, 5) is 4.62. The first-order valence-corrected chi connectivity index (χ1v) is 9.19. The number of unbranched alkanes of at least 4 members (excludes halogenated alkanes) is 2. The molecular formula is C18H20Cl2N4O2. The van der Waals surface area contributed by atoms with Gasteiger partial charge < -0.3 is 15.5 Å². The van der Waals surface area contributed by atoms with E-state index in [-0.39, 0.29) is 0 Å². The molecule has 0 aliphatic rings. The van der Waals surface area contributed by atoms with E-state index in [2.05, 4.69) is 20.5 Å². The van der Waals surface area contributed by atoms with Crippen molar-refractivity contribution in [2.75, 3.05) is 11.9 Å². The van der Waals surface area contributed by atoms with Gasteiger partial charge in [-0.1, -0.05) is 29.6 Å². The summed E-state index contributed by atoms with van der Waals surface area (Å²) in [6.45, 7) is 0.732. The number of halogens is 2. The Hall–Kier alpha value is -1.86. The van der Waals surface area contributed by atoms with E-state index in [1.807, 2.05) is 18.3 Å². The molecule has 2 aromatic heterocycles. The molecule has 0 saturated heterocycles. The average molecular weight is 395 g/mol. The Morgan fingerprint density at radius 1 is 1.12 bits per heavy atom. The Labute approximate surface area is 161 Å². The zero-order valence-electron chi connectivity index (χ0n) is 14.0. The van der Waals surface area contributed by atoms with Crippen molar-refractivity contribution in [3.8, 4) is 11.1 Å². The molecule has 0 atom stereocenters. The Morgan fingerprint density at radius 2 is 1.96 bits per heavy atom. The largest absolute Gasteiger partial charge is 0.370 e. The molecular weight excluding hydrogens is 375 g/mol. The Balaban J connectivity index is 1.81. The predicted molar refractivity (Wildman–Crippen MR) is 105 cm³/mol. The van der Waals surface area contributed by atoms with E-state index in [4.69, 9.17) is 33.4 Å². The van der Waals surface area contributed by atoms with Crippen LogP contribution in [-0.4, -0.2) is 38.2 Å². The van der Waals surface area contributed by atoms with Crippen LogP contribution < -0.4 is 5.32 Å². The minimum atomic E-state index is -1.23. The molecule has 138 valence electrons. The fourth-order valence-corrected chi connectivity index (χ4v) is 3.36. The van der Waals surface area contributed by atoms with Gasteiger partial charge in [-0.3, -0.25) is 5.10 Å². The lowest BCUT2D eigenvalue weighted by Gasteiger charge is -2.12. The topological polar surface area (TPSA) is 94.1 Å². The van der Waals surface area contributed by atoms with Crippen molar-refractivity contribution in [2.24, 2.45) is 0 Å². The van der Waals surface area contributed by atoms with E-state index >= 15 is 0 Å². The zero-order valence-corrected chi connectivity index (χ0v) is 15.6. The number of aliphatic hydroxyl groups excluding tert-OH is 1. The summed E-state index contributed by atoms with van der Waals surface area (Å²) in [7, 11) is 0. The minimum Gasteiger partial charge on any atom is -0.370 e. The molecule has 26 heavy (non-hydrogen) atoms. The lowest BCUT2D eigenvalue weighted by atomic mass is 10.0. The van der Waals surface area contributed by atoms with Gasteiger partial charge >= 0.3 is 0 Å². The van der Waals surface area contributed by atoms with Gasteiger partial charge in [-0.05, 0) is 43.0 Å². The van der Waals surface area contributed by atoms with Crippen molar-refractivity contribution in [2.45, 2.75) is 32.0 Å². The number of nitrogens with zero attached hydrogens (tertiary/aromatic N) is 2. The number of aliphatic hydroxyl groups is 2. The number of benzene rings is 1. The highest BCUT2D eigenvalue weighted by molar-refractivity contribution is 6.38. The Morgan fingerprint density at radius 3 is 2.69 bits per heavy atom. The molecule has 4 N–H and O–H groups in total. The molecule has 0 saturated carbocycles. The lowest BCUT2D eigenvalue weighted by molar-refractivity contribution is -0.0465. The Bertz CT molecular complexity index is 869. The number of hydrogen-bond acceptors (Lipinski definition) is 5. The van der Waals surface area contributed by atoms with Crippen molar-refractivity contribution >= 4 is 39.9 Å². The first-order chi connectivity index (χ1) is 12.5. The first kappa shape index (κ1) is 18.9. The highest BCUT2D eigenvalue weighted by Gasteiger charge is 2.12. The number of nitrogens with one attached hydrogen (secondary N) is 2. The molecule has 3 aromatic rings. The van der Waals surface area contributed by atoms with Crippen LogP contribution >= 0.6 is 23.2 Å². The molecule has 6 nitrogen and oxygen atoms in total. The standard InChI is InChI=1S/C18H20Cl2N4O2/c19-12-6-14-13(11-9-22-23-10-11)8-16(24-18(14)15(20)7-12)21-5-3-1-2-4-17(25)26/h6-10,17,25-26H,1-5H2,(H,21,24)(H,22,23). The van der Waals surface area contributed by atoms with Crippen LogP contribution in [0.4, 0.5) is 5.82 Å². The molecule has 0 aliphatic heterocycles. The summed E-state index contributed by atoms with van der Waals surface area (Å²) >= 11 is 12.5. The maximum absolute atomic E-state index is 8.85.